The molecule has 5 nitrogen and oxygen atoms in total. The molecule has 0 aliphatic rings. The highest BCUT2D eigenvalue weighted by atomic mass is 19.3. The van der Waals surface area contributed by atoms with Gasteiger partial charge in [0.25, 0.3) is 0 Å². The molecule has 0 bridgehead atoms. The quantitative estimate of drug-likeness (QED) is 0.473. The Labute approximate surface area is 147 Å². The lowest BCUT2D eigenvalue weighted by Crippen LogP contribution is -2.12. The first-order valence-corrected chi connectivity index (χ1v) is 7.57. The Hall–Kier alpha value is -3.48. The van der Waals surface area contributed by atoms with Crippen molar-refractivity contribution in [1.82, 2.24) is 4.98 Å². The molecule has 0 fully saturated rings. The molecule has 0 aliphatic heterocycles. The van der Waals surface area contributed by atoms with Crippen LogP contribution in [0.2, 0.25) is 0 Å². The van der Waals surface area contributed by atoms with Crippen molar-refractivity contribution in [3.63, 3.8) is 0 Å². The van der Waals surface area contributed by atoms with Crippen LogP contribution in [0, 0.1) is 0 Å². The van der Waals surface area contributed by atoms with Crippen LogP contribution in [-0.4, -0.2) is 17.6 Å². The number of hydrogen-bond acceptors (Lipinski definition) is 5. The summed E-state index contributed by atoms with van der Waals surface area (Å²) in [6.45, 7) is -3.04. The van der Waals surface area contributed by atoms with E-state index in [1.807, 2.05) is 0 Å². The fourth-order valence-electron chi connectivity index (χ4n) is 2.10. The van der Waals surface area contributed by atoms with Gasteiger partial charge in [-0.05, 0) is 42.5 Å². The Kier molecular flexibility index (Phi) is 5.38. The Balaban J connectivity index is 1.68. The second-order valence-corrected chi connectivity index (χ2v) is 5.01. The molecule has 7 heteroatoms. The second-order valence-electron chi connectivity index (χ2n) is 5.01. The number of nitrogens with zero attached hydrogens (tertiary/aromatic N) is 1. The molecule has 0 aliphatic carbocycles. The zero-order valence-corrected chi connectivity index (χ0v) is 13.3. The van der Waals surface area contributed by atoms with Crippen LogP contribution in [0.4, 0.5) is 8.78 Å². The predicted molar refractivity (Wildman–Crippen MR) is 88.8 cm³/mol. The second kappa shape index (κ2) is 8.06. The van der Waals surface area contributed by atoms with Gasteiger partial charge in [0.15, 0.2) is 0 Å². The highest BCUT2D eigenvalue weighted by Crippen LogP contribution is 2.25. The van der Waals surface area contributed by atoms with E-state index in [2.05, 4.69) is 9.72 Å². The number of para-hydroxylation sites is 1. The van der Waals surface area contributed by atoms with E-state index in [1.165, 1.54) is 36.4 Å². The van der Waals surface area contributed by atoms with E-state index in [1.54, 1.807) is 36.5 Å². The number of esters is 1. The maximum atomic E-state index is 12.4. The van der Waals surface area contributed by atoms with Gasteiger partial charge in [0.05, 0.1) is 0 Å². The molecule has 0 saturated heterocycles. The van der Waals surface area contributed by atoms with E-state index in [0.29, 0.717) is 11.6 Å². The number of hydrogen-bond donors (Lipinski definition) is 0. The van der Waals surface area contributed by atoms with Crippen molar-refractivity contribution in [2.45, 2.75) is 6.61 Å². The van der Waals surface area contributed by atoms with Gasteiger partial charge in [-0.3, -0.25) is 0 Å². The van der Waals surface area contributed by atoms with Gasteiger partial charge in [0.1, 0.15) is 22.8 Å². The molecule has 0 spiro atoms. The summed E-state index contributed by atoms with van der Waals surface area (Å²) in [4.78, 5) is 16.2. The molecule has 3 rings (SSSR count). The predicted octanol–water partition coefficient (Wildman–Crippen LogP) is 4.69. The summed E-state index contributed by atoms with van der Waals surface area (Å²) in [7, 11) is 0. The summed E-state index contributed by atoms with van der Waals surface area (Å²) in [5.41, 5.74) is -0.0957. The topological polar surface area (TPSA) is 57.7 Å². The third kappa shape index (κ3) is 4.54. The molecule has 0 saturated carbocycles. The number of halogens is 2. The van der Waals surface area contributed by atoms with Gasteiger partial charge in [-0.15, -0.1) is 0 Å². The van der Waals surface area contributed by atoms with Crippen molar-refractivity contribution in [3.05, 3.63) is 78.5 Å². The Morgan fingerprint density at radius 1 is 0.885 bits per heavy atom. The van der Waals surface area contributed by atoms with Crippen LogP contribution in [0.15, 0.2) is 72.9 Å². The number of benzene rings is 2. The first-order chi connectivity index (χ1) is 12.6. The van der Waals surface area contributed by atoms with Gasteiger partial charge in [-0.1, -0.05) is 18.2 Å². The molecule has 132 valence electrons. The van der Waals surface area contributed by atoms with Gasteiger partial charge >= 0.3 is 12.6 Å². The van der Waals surface area contributed by atoms with Crippen LogP contribution in [-0.2, 0) is 0 Å². The maximum Gasteiger partial charge on any atom is 0.387 e. The van der Waals surface area contributed by atoms with Crippen LogP contribution in [0.25, 0.3) is 0 Å². The van der Waals surface area contributed by atoms with Gasteiger partial charge in [0.2, 0.25) is 5.88 Å². The highest BCUT2D eigenvalue weighted by Gasteiger charge is 2.17. The van der Waals surface area contributed by atoms with Crippen LogP contribution in [0.5, 0.6) is 23.1 Å². The largest absolute Gasteiger partial charge is 0.439 e. The standard InChI is InChI=1S/C19H13F2NO4/c20-19(21)26-16-6-2-1-5-15(16)18(23)25-14-10-8-13(9-11-14)24-17-7-3-4-12-22-17/h1-12,19H. The summed E-state index contributed by atoms with van der Waals surface area (Å²) in [5, 5.41) is 0. The van der Waals surface area contributed by atoms with E-state index in [-0.39, 0.29) is 17.1 Å². The fourth-order valence-corrected chi connectivity index (χ4v) is 2.10. The number of carbonyl (C=O) groups excluding carboxylic acids is 1. The molecule has 3 aromatic rings. The number of aromatic nitrogens is 1. The fraction of sp³-hybridized carbons (Fsp3) is 0.0526. The van der Waals surface area contributed by atoms with Crippen molar-refractivity contribution < 1.29 is 27.8 Å². The lowest BCUT2D eigenvalue weighted by atomic mass is 10.2. The SMILES string of the molecule is O=C(Oc1ccc(Oc2ccccn2)cc1)c1ccccc1OC(F)F. The average molecular weight is 357 g/mol. The third-order valence-corrected chi connectivity index (χ3v) is 3.22. The summed E-state index contributed by atoms with van der Waals surface area (Å²) in [6.07, 6.45) is 1.60. The van der Waals surface area contributed by atoms with Crippen molar-refractivity contribution in [1.29, 1.82) is 0 Å². The number of carbonyl (C=O) groups is 1. The molecule has 1 aromatic heterocycles. The van der Waals surface area contributed by atoms with Gasteiger partial charge in [0, 0.05) is 12.3 Å². The molecule has 0 unspecified atom stereocenters. The molecule has 1 heterocycles. The number of rotatable bonds is 6. The minimum absolute atomic E-state index is 0.0957. The van der Waals surface area contributed by atoms with Gasteiger partial charge < -0.3 is 14.2 Å². The highest BCUT2D eigenvalue weighted by molar-refractivity contribution is 5.94. The van der Waals surface area contributed by atoms with E-state index < -0.39 is 12.6 Å². The Bertz CT molecular complexity index is 870. The maximum absolute atomic E-state index is 12.4. The van der Waals surface area contributed by atoms with Crippen molar-refractivity contribution >= 4 is 5.97 Å². The van der Waals surface area contributed by atoms with Crippen LogP contribution in [0.1, 0.15) is 10.4 Å². The summed E-state index contributed by atoms with van der Waals surface area (Å²) in [6, 6.07) is 17.1. The monoisotopic (exact) mass is 357 g/mol. The minimum Gasteiger partial charge on any atom is -0.439 e. The molecule has 0 N–H and O–H groups in total. The third-order valence-electron chi connectivity index (χ3n) is 3.22. The zero-order chi connectivity index (χ0) is 18.4. The molecule has 26 heavy (non-hydrogen) atoms. The van der Waals surface area contributed by atoms with E-state index in [4.69, 9.17) is 9.47 Å². The zero-order valence-electron chi connectivity index (χ0n) is 13.3. The Morgan fingerprint density at radius 3 is 2.27 bits per heavy atom. The normalized spacial score (nSPS) is 10.4. The number of pyridine rings is 1. The van der Waals surface area contributed by atoms with E-state index in [9.17, 15) is 13.6 Å². The van der Waals surface area contributed by atoms with Gasteiger partial charge in [-0.2, -0.15) is 8.78 Å². The lowest BCUT2D eigenvalue weighted by molar-refractivity contribution is -0.0503. The summed E-state index contributed by atoms with van der Waals surface area (Å²) >= 11 is 0. The first kappa shape index (κ1) is 17.3. The molecular weight excluding hydrogens is 344 g/mol. The van der Waals surface area contributed by atoms with Crippen LogP contribution < -0.4 is 14.2 Å². The van der Waals surface area contributed by atoms with Crippen molar-refractivity contribution in [2.24, 2.45) is 0 Å². The van der Waals surface area contributed by atoms with Crippen molar-refractivity contribution in [3.8, 4) is 23.1 Å². The van der Waals surface area contributed by atoms with E-state index >= 15 is 0 Å². The summed E-state index contributed by atoms with van der Waals surface area (Å²) < 4.78 is 39.9. The minimum atomic E-state index is -3.04. The van der Waals surface area contributed by atoms with Crippen LogP contribution >= 0.6 is 0 Å². The van der Waals surface area contributed by atoms with Crippen molar-refractivity contribution in [2.75, 3.05) is 0 Å². The molecule has 2 aromatic carbocycles. The molecule has 0 amide bonds. The first-order valence-electron chi connectivity index (χ1n) is 7.57. The number of ether oxygens (including phenoxy) is 3. The summed E-state index contributed by atoms with van der Waals surface area (Å²) in [5.74, 6) is 0.109. The number of alkyl halides is 2. The average Bonchev–Trinajstić information content (AvgIpc) is 2.64. The van der Waals surface area contributed by atoms with Gasteiger partial charge in [-0.25, -0.2) is 9.78 Å². The lowest BCUT2D eigenvalue weighted by Gasteiger charge is -2.10. The molecule has 0 atom stereocenters. The molecular formula is C19H13F2NO4. The molecule has 0 radical (unpaired) electrons. The van der Waals surface area contributed by atoms with E-state index in [0.717, 1.165) is 0 Å². The smallest absolute Gasteiger partial charge is 0.387 e. The Morgan fingerprint density at radius 2 is 1.58 bits per heavy atom. The van der Waals surface area contributed by atoms with Crippen LogP contribution in [0.3, 0.4) is 0 Å².